The molecule has 38 heavy (non-hydrogen) atoms. The second-order valence-corrected chi connectivity index (χ2v) is 10.2. The summed E-state index contributed by atoms with van der Waals surface area (Å²) in [6, 6.07) is 11.8. The Morgan fingerprint density at radius 3 is 2.29 bits per heavy atom. The fourth-order valence-electron chi connectivity index (χ4n) is 5.93. The number of nitrogens with one attached hydrogen (secondary N) is 1. The van der Waals surface area contributed by atoms with Gasteiger partial charge >= 0.3 is 0 Å². The lowest BCUT2D eigenvalue weighted by Crippen LogP contribution is -2.27. The SMILES string of the molecule is CCN(CC)CCCN=c1ccn2c3c(c4c(O)c5ccccc5cc4c(O)c13)NC2CCN(CC)CC. The van der Waals surface area contributed by atoms with Gasteiger partial charge in [-0.1, -0.05) is 52.0 Å². The fourth-order valence-corrected chi connectivity index (χ4v) is 5.93. The zero-order chi connectivity index (χ0) is 26.8. The number of hydrogen-bond acceptors (Lipinski definition) is 6. The number of phenolic OH excluding ortho intramolecular Hbond substituents is 2. The molecule has 3 aromatic carbocycles. The summed E-state index contributed by atoms with van der Waals surface area (Å²) in [7, 11) is 0. The molecule has 0 saturated carbocycles. The summed E-state index contributed by atoms with van der Waals surface area (Å²) in [5.74, 6) is 0.387. The first-order valence-electron chi connectivity index (χ1n) is 14.2. The first kappa shape index (κ1) is 26.3. The number of pyridine rings is 1. The zero-order valence-corrected chi connectivity index (χ0v) is 23.2. The molecule has 0 saturated heterocycles. The normalized spacial score (nSPS) is 15.5. The molecule has 2 heterocycles. The molecule has 7 nitrogen and oxygen atoms in total. The highest BCUT2D eigenvalue weighted by atomic mass is 16.3. The minimum Gasteiger partial charge on any atom is -0.507 e. The predicted molar refractivity (Wildman–Crippen MR) is 158 cm³/mol. The van der Waals surface area contributed by atoms with Crippen LogP contribution in [-0.4, -0.2) is 70.4 Å². The van der Waals surface area contributed by atoms with Crippen molar-refractivity contribution in [3.8, 4) is 11.5 Å². The second kappa shape index (κ2) is 11.2. The topological polar surface area (TPSA) is 76.3 Å². The minimum atomic E-state index is 0.0284. The van der Waals surface area contributed by atoms with Crippen LogP contribution >= 0.6 is 0 Å². The van der Waals surface area contributed by atoms with Gasteiger partial charge < -0.3 is 29.9 Å². The van der Waals surface area contributed by atoms with Crippen LogP contribution in [0.25, 0.3) is 32.4 Å². The zero-order valence-electron chi connectivity index (χ0n) is 23.2. The molecule has 1 aliphatic rings. The van der Waals surface area contributed by atoms with Crippen molar-refractivity contribution in [2.75, 3.05) is 51.1 Å². The van der Waals surface area contributed by atoms with E-state index in [-0.39, 0.29) is 17.7 Å². The van der Waals surface area contributed by atoms with Crippen molar-refractivity contribution in [2.45, 2.75) is 46.7 Å². The summed E-state index contributed by atoms with van der Waals surface area (Å²) in [5.41, 5.74) is 1.79. The number of nitrogens with zero attached hydrogens (tertiary/aromatic N) is 4. The van der Waals surface area contributed by atoms with E-state index in [1.165, 1.54) is 0 Å². The summed E-state index contributed by atoms with van der Waals surface area (Å²) in [4.78, 5) is 9.79. The van der Waals surface area contributed by atoms with Crippen molar-refractivity contribution in [1.29, 1.82) is 0 Å². The van der Waals surface area contributed by atoms with Gasteiger partial charge in [0.25, 0.3) is 0 Å². The number of hydrogen-bond donors (Lipinski definition) is 3. The average molecular weight is 516 g/mol. The first-order valence-corrected chi connectivity index (χ1v) is 14.2. The molecule has 0 amide bonds. The van der Waals surface area contributed by atoms with Crippen LogP contribution in [0.5, 0.6) is 11.5 Å². The van der Waals surface area contributed by atoms with E-state index in [9.17, 15) is 10.2 Å². The summed E-state index contributed by atoms with van der Waals surface area (Å²) in [6.45, 7) is 15.5. The van der Waals surface area contributed by atoms with E-state index in [0.29, 0.717) is 17.3 Å². The highest BCUT2D eigenvalue weighted by molar-refractivity contribution is 6.21. The quantitative estimate of drug-likeness (QED) is 0.137. The summed E-state index contributed by atoms with van der Waals surface area (Å²) < 4.78 is 2.22. The molecule has 202 valence electrons. The van der Waals surface area contributed by atoms with E-state index in [4.69, 9.17) is 4.99 Å². The Morgan fingerprint density at radius 2 is 1.55 bits per heavy atom. The highest BCUT2D eigenvalue weighted by Crippen LogP contribution is 2.49. The molecule has 5 rings (SSSR count). The van der Waals surface area contributed by atoms with Gasteiger partial charge in [-0.2, -0.15) is 0 Å². The molecule has 1 aliphatic heterocycles. The number of aromatic nitrogens is 1. The third-order valence-corrected chi connectivity index (χ3v) is 8.21. The van der Waals surface area contributed by atoms with Gasteiger partial charge in [-0.15, -0.1) is 0 Å². The van der Waals surface area contributed by atoms with E-state index < -0.39 is 0 Å². The monoisotopic (exact) mass is 515 g/mol. The Balaban J connectivity index is 1.67. The molecule has 0 spiro atoms. The maximum Gasteiger partial charge on any atom is 0.135 e. The van der Waals surface area contributed by atoms with Crippen molar-refractivity contribution in [1.82, 2.24) is 14.4 Å². The molecule has 3 N–H and O–H groups in total. The van der Waals surface area contributed by atoms with Gasteiger partial charge in [-0.3, -0.25) is 4.99 Å². The lowest BCUT2D eigenvalue weighted by molar-refractivity contribution is 0.284. The van der Waals surface area contributed by atoms with Crippen LogP contribution in [0.4, 0.5) is 5.69 Å². The van der Waals surface area contributed by atoms with E-state index in [1.807, 2.05) is 36.4 Å². The third kappa shape index (κ3) is 4.58. The smallest absolute Gasteiger partial charge is 0.135 e. The van der Waals surface area contributed by atoms with Crippen LogP contribution in [0.15, 0.2) is 47.6 Å². The molecule has 0 bridgehead atoms. The van der Waals surface area contributed by atoms with Crippen LogP contribution in [0.1, 0.15) is 46.7 Å². The first-order chi connectivity index (χ1) is 18.5. The van der Waals surface area contributed by atoms with Crippen LogP contribution in [0, 0.1) is 0 Å². The number of aromatic hydroxyl groups is 2. The second-order valence-electron chi connectivity index (χ2n) is 10.2. The maximum absolute atomic E-state index is 11.7. The van der Waals surface area contributed by atoms with E-state index >= 15 is 0 Å². The van der Waals surface area contributed by atoms with Gasteiger partial charge in [0.1, 0.15) is 17.7 Å². The molecule has 0 radical (unpaired) electrons. The highest BCUT2D eigenvalue weighted by Gasteiger charge is 2.29. The Labute approximate surface area is 225 Å². The Morgan fingerprint density at radius 1 is 0.868 bits per heavy atom. The molecular weight excluding hydrogens is 474 g/mol. The molecule has 1 atom stereocenters. The van der Waals surface area contributed by atoms with Gasteiger partial charge in [0, 0.05) is 30.1 Å². The molecule has 7 heteroatoms. The largest absolute Gasteiger partial charge is 0.507 e. The fraction of sp³-hybridized carbons (Fsp3) is 0.452. The maximum atomic E-state index is 11.7. The van der Waals surface area contributed by atoms with Gasteiger partial charge in [0.2, 0.25) is 0 Å². The van der Waals surface area contributed by atoms with Crippen LogP contribution < -0.4 is 10.7 Å². The summed E-state index contributed by atoms with van der Waals surface area (Å²) >= 11 is 0. The van der Waals surface area contributed by atoms with Gasteiger partial charge in [0.15, 0.2) is 0 Å². The number of fused-ring (bicyclic) bond motifs is 3. The standard InChI is InChI=1S/C31H41N5O2/c1-5-34(6-2)17-11-16-32-24-14-19-36-25(15-18-35(7-3)8-4)33-28-26-23(31(38)27(24)29(28)36)20-21-12-9-10-13-22(21)30(26)37/h9-10,12-14,19-20,25,33,37-38H,5-8,11,15-18H2,1-4H3. The van der Waals surface area contributed by atoms with Crippen molar-refractivity contribution >= 4 is 38.1 Å². The molecule has 1 unspecified atom stereocenters. The van der Waals surface area contributed by atoms with Crippen LogP contribution in [-0.2, 0) is 0 Å². The molecular formula is C31H41N5O2. The molecule has 4 aromatic rings. The van der Waals surface area contributed by atoms with Crippen molar-refractivity contribution in [3.63, 3.8) is 0 Å². The number of benzene rings is 3. The van der Waals surface area contributed by atoms with E-state index in [0.717, 1.165) is 84.8 Å². The number of anilines is 1. The van der Waals surface area contributed by atoms with Crippen LogP contribution in [0.3, 0.4) is 0 Å². The van der Waals surface area contributed by atoms with E-state index in [1.54, 1.807) is 0 Å². The Hall–Kier alpha value is -3.29. The van der Waals surface area contributed by atoms with Gasteiger partial charge in [-0.25, -0.2) is 0 Å². The summed E-state index contributed by atoms with van der Waals surface area (Å²) in [5, 5.41) is 31.5. The molecule has 1 aromatic heterocycles. The van der Waals surface area contributed by atoms with Gasteiger partial charge in [0.05, 0.1) is 27.3 Å². The Kier molecular flexibility index (Phi) is 7.77. The Bertz CT molecular complexity index is 1520. The number of phenols is 2. The average Bonchev–Trinajstić information content (AvgIpc) is 3.31. The lowest BCUT2D eigenvalue weighted by Gasteiger charge is -2.22. The van der Waals surface area contributed by atoms with E-state index in [2.05, 4.69) is 53.6 Å². The van der Waals surface area contributed by atoms with Crippen molar-refractivity contribution < 1.29 is 10.2 Å². The van der Waals surface area contributed by atoms with Crippen molar-refractivity contribution in [2.24, 2.45) is 4.99 Å². The predicted octanol–water partition coefficient (Wildman–Crippen LogP) is 5.65. The minimum absolute atomic E-state index is 0.0284. The lowest BCUT2D eigenvalue weighted by atomic mass is 9.97. The van der Waals surface area contributed by atoms with Crippen molar-refractivity contribution in [3.05, 3.63) is 48.0 Å². The van der Waals surface area contributed by atoms with Gasteiger partial charge in [-0.05, 0) is 63.1 Å². The molecule has 0 aliphatic carbocycles. The third-order valence-electron chi connectivity index (χ3n) is 8.21. The van der Waals surface area contributed by atoms with Crippen LogP contribution in [0.2, 0.25) is 0 Å². The summed E-state index contributed by atoms with van der Waals surface area (Å²) in [6.07, 6.45) is 3.99. The number of rotatable bonds is 11. The molecule has 0 fully saturated rings.